The normalized spacial score (nSPS) is 16.8. The van der Waals surface area contributed by atoms with E-state index in [-0.39, 0.29) is 30.1 Å². The molecule has 0 atom stereocenters. The fourth-order valence-electron chi connectivity index (χ4n) is 2.36. The van der Waals surface area contributed by atoms with Gasteiger partial charge in [0.1, 0.15) is 0 Å². The molecule has 1 saturated heterocycles. The van der Waals surface area contributed by atoms with E-state index in [1.807, 2.05) is 20.8 Å². The number of nitrogens with two attached hydrogens (primary N) is 1. The molecular weight excluding hydrogens is 281 g/mol. The Morgan fingerprint density at radius 1 is 1.24 bits per heavy atom. The summed E-state index contributed by atoms with van der Waals surface area (Å²) in [5, 5.41) is 0. The lowest BCUT2D eigenvalue weighted by atomic mass is 9.85. The topological polar surface area (TPSA) is 46.3 Å². The number of amides is 1. The zero-order valence-electron chi connectivity index (χ0n) is 12.3. The number of benzene rings is 1. The summed E-state index contributed by atoms with van der Waals surface area (Å²) in [7, 11) is 0. The smallest absolute Gasteiger partial charge is 0.369 e. The van der Waals surface area contributed by atoms with E-state index in [0.717, 1.165) is 0 Å². The van der Waals surface area contributed by atoms with Crippen molar-refractivity contribution < 1.29 is 18.0 Å². The zero-order chi connectivity index (χ0) is 16.0. The predicted molar refractivity (Wildman–Crippen MR) is 75.0 cm³/mol. The van der Waals surface area contributed by atoms with E-state index < -0.39 is 17.6 Å². The summed E-state index contributed by atoms with van der Waals surface area (Å²) < 4.78 is 39.8. The Labute approximate surface area is 121 Å². The molecule has 0 aliphatic carbocycles. The average Bonchev–Trinajstić information content (AvgIpc) is 2.23. The molecule has 2 N–H and O–H groups in total. The van der Waals surface area contributed by atoms with Gasteiger partial charge in [-0.1, -0.05) is 26.8 Å². The molecule has 1 fully saturated rings. The number of nitrogens with zero attached hydrogens (tertiary/aromatic N) is 1. The molecule has 2 rings (SSSR count). The first-order valence-electron chi connectivity index (χ1n) is 6.76. The first-order chi connectivity index (χ1) is 9.50. The van der Waals surface area contributed by atoms with Gasteiger partial charge in [-0.3, -0.25) is 4.79 Å². The van der Waals surface area contributed by atoms with Crippen molar-refractivity contribution in [3.05, 3.63) is 29.3 Å². The van der Waals surface area contributed by atoms with Crippen molar-refractivity contribution in [2.75, 3.05) is 18.0 Å². The van der Waals surface area contributed by atoms with Gasteiger partial charge in [-0.2, -0.15) is 13.2 Å². The highest BCUT2D eigenvalue weighted by atomic mass is 19.4. The maximum Gasteiger partial charge on any atom is 0.418 e. The molecule has 1 aliphatic heterocycles. The summed E-state index contributed by atoms with van der Waals surface area (Å²) in [5.74, 6) is -0.834. The van der Waals surface area contributed by atoms with Crippen LogP contribution in [0.25, 0.3) is 0 Å². The fraction of sp³-hybridized carbons (Fsp3) is 0.533. The van der Waals surface area contributed by atoms with E-state index in [4.69, 9.17) is 5.73 Å². The van der Waals surface area contributed by atoms with Crippen LogP contribution in [0, 0.1) is 5.92 Å². The van der Waals surface area contributed by atoms with Gasteiger partial charge < -0.3 is 10.6 Å². The molecule has 1 aromatic carbocycles. The number of carbonyl (C=O) groups excluding carboxylic acids is 1. The third-order valence-corrected chi connectivity index (χ3v) is 3.79. The summed E-state index contributed by atoms with van der Waals surface area (Å²) in [5.41, 5.74) is 4.89. The molecule has 3 nitrogen and oxygen atoms in total. The van der Waals surface area contributed by atoms with Gasteiger partial charge in [0.25, 0.3) is 0 Å². The second-order valence-electron chi connectivity index (χ2n) is 6.48. The second kappa shape index (κ2) is 4.93. The number of anilines is 1. The minimum Gasteiger partial charge on any atom is -0.369 e. The Balaban J connectivity index is 2.36. The van der Waals surface area contributed by atoms with Crippen molar-refractivity contribution in [1.82, 2.24) is 0 Å². The average molecular weight is 300 g/mol. The number of hydrogen-bond acceptors (Lipinski definition) is 2. The first-order valence-corrected chi connectivity index (χ1v) is 6.76. The van der Waals surface area contributed by atoms with Crippen LogP contribution >= 0.6 is 0 Å². The van der Waals surface area contributed by atoms with Gasteiger partial charge in [0, 0.05) is 18.8 Å². The van der Waals surface area contributed by atoms with Gasteiger partial charge in [0.15, 0.2) is 0 Å². The van der Waals surface area contributed by atoms with Gasteiger partial charge in [-0.05, 0) is 23.1 Å². The second-order valence-corrected chi connectivity index (χ2v) is 6.48. The molecule has 6 heteroatoms. The summed E-state index contributed by atoms with van der Waals surface area (Å²) in [6, 6.07) is 4.40. The van der Waals surface area contributed by atoms with Crippen molar-refractivity contribution in [2.45, 2.75) is 32.4 Å². The summed E-state index contributed by atoms with van der Waals surface area (Å²) in [6.07, 6.45) is -4.42. The van der Waals surface area contributed by atoms with Crippen LogP contribution < -0.4 is 10.6 Å². The van der Waals surface area contributed by atoms with Crippen LogP contribution in [0.3, 0.4) is 0 Å². The molecular formula is C15H19F3N2O. The molecule has 0 radical (unpaired) electrons. The number of alkyl halides is 3. The van der Waals surface area contributed by atoms with Crippen LogP contribution in [0.4, 0.5) is 18.9 Å². The van der Waals surface area contributed by atoms with Crippen molar-refractivity contribution in [3.63, 3.8) is 0 Å². The van der Waals surface area contributed by atoms with E-state index in [1.165, 1.54) is 12.1 Å². The first kappa shape index (κ1) is 15.7. The summed E-state index contributed by atoms with van der Waals surface area (Å²) in [6.45, 7) is 6.10. The molecule has 0 saturated carbocycles. The van der Waals surface area contributed by atoms with E-state index in [1.54, 1.807) is 11.0 Å². The minimum absolute atomic E-state index is 0.119. The van der Waals surface area contributed by atoms with Crippen LogP contribution in [0.5, 0.6) is 0 Å². The molecule has 1 amide bonds. The lowest BCUT2D eigenvalue weighted by Gasteiger charge is -2.40. The molecule has 21 heavy (non-hydrogen) atoms. The van der Waals surface area contributed by atoms with Crippen LogP contribution in [-0.4, -0.2) is 19.0 Å². The van der Waals surface area contributed by atoms with Gasteiger partial charge >= 0.3 is 6.18 Å². The Kier molecular flexibility index (Phi) is 3.68. The highest BCUT2D eigenvalue weighted by molar-refractivity contribution is 5.80. The zero-order valence-corrected chi connectivity index (χ0v) is 12.3. The maximum absolute atomic E-state index is 13.3. The third kappa shape index (κ3) is 3.14. The number of primary amides is 1. The van der Waals surface area contributed by atoms with E-state index in [0.29, 0.717) is 5.56 Å². The Morgan fingerprint density at radius 3 is 2.24 bits per heavy atom. The summed E-state index contributed by atoms with van der Waals surface area (Å²) >= 11 is 0. The summed E-state index contributed by atoms with van der Waals surface area (Å²) in [4.78, 5) is 12.5. The third-order valence-electron chi connectivity index (χ3n) is 3.79. The quantitative estimate of drug-likeness (QED) is 0.913. The largest absolute Gasteiger partial charge is 0.418 e. The van der Waals surface area contributed by atoms with Crippen LogP contribution in [0.1, 0.15) is 31.9 Å². The molecule has 0 bridgehead atoms. The van der Waals surface area contributed by atoms with E-state index in [9.17, 15) is 18.0 Å². The minimum atomic E-state index is -4.42. The number of halogens is 3. The van der Waals surface area contributed by atoms with Crippen LogP contribution in [0.2, 0.25) is 0 Å². The Bertz CT molecular complexity index is 555. The number of carbonyl (C=O) groups is 1. The van der Waals surface area contributed by atoms with E-state index >= 15 is 0 Å². The van der Waals surface area contributed by atoms with Crippen LogP contribution in [-0.2, 0) is 16.4 Å². The van der Waals surface area contributed by atoms with Crippen molar-refractivity contribution in [1.29, 1.82) is 0 Å². The van der Waals surface area contributed by atoms with E-state index in [2.05, 4.69) is 0 Å². The number of hydrogen-bond donors (Lipinski definition) is 1. The maximum atomic E-state index is 13.3. The Hall–Kier alpha value is -1.72. The molecule has 1 aromatic rings. The molecule has 116 valence electrons. The predicted octanol–water partition coefficient (Wildman–Crippen LogP) is 2.92. The van der Waals surface area contributed by atoms with Gasteiger partial charge in [0.2, 0.25) is 5.91 Å². The highest BCUT2D eigenvalue weighted by Crippen LogP contribution is 2.41. The number of rotatable bonds is 2. The van der Waals surface area contributed by atoms with Gasteiger partial charge in [-0.25, -0.2) is 0 Å². The lowest BCUT2D eigenvalue weighted by molar-refractivity contribution is -0.137. The molecule has 0 spiro atoms. The molecule has 0 aromatic heterocycles. The molecule has 1 heterocycles. The standard InChI is InChI=1S/C15H19F3N2O/c1-14(2,3)10-4-5-12(11(6-10)15(16,17)18)20-7-9(8-20)13(19)21/h4-6,9H,7-8H2,1-3H3,(H2,19,21). The fourth-order valence-corrected chi connectivity index (χ4v) is 2.36. The van der Waals surface area contributed by atoms with Crippen molar-refractivity contribution in [2.24, 2.45) is 11.7 Å². The molecule has 1 aliphatic rings. The van der Waals surface area contributed by atoms with Crippen LogP contribution in [0.15, 0.2) is 18.2 Å². The Morgan fingerprint density at radius 2 is 1.81 bits per heavy atom. The monoisotopic (exact) mass is 300 g/mol. The lowest BCUT2D eigenvalue weighted by Crippen LogP contribution is -2.53. The van der Waals surface area contributed by atoms with Crippen molar-refractivity contribution >= 4 is 11.6 Å². The SMILES string of the molecule is CC(C)(C)c1ccc(N2CC(C(N)=O)C2)c(C(F)(F)F)c1. The van der Waals surface area contributed by atoms with Crippen molar-refractivity contribution in [3.8, 4) is 0 Å². The van der Waals surface area contributed by atoms with Gasteiger partial charge in [-0.15, -0.1) is 0 Å². The molecule has 0 unspecified atom stereocenters. The van der Waals surface area contributed by atoms with Gasteiger partial charge in [0.05, 0.1) is 11.5 Å². The highest BCUT2D eigenvalue weighted by Gasteiger charge is 2.39.